The molecule has 0 saturated heterocycles. The second-order valence-electron chi connectivity index (χ2n) is 6.34. The molecule has 1 saturated carbocycles. The van der Waals surface area contributed by atoms with Gasteiger partial charge in [-0.15, -0.1) is 0 Å². The van der Waals surface area contributed by atoms with E-state index in [9.17, 15) is 0 Å². The van der Waals surface area contributed by atoms with E-state index in [1.54, 1.807) is 0 Å². The molecule has 0 aliphatic heterocycles. The van der Waals surface area contributed by atoms with Gasteiger partial charge in [-0.3, -0.25) is 0 Å². The first-order valence-electron chi connectivity index (χ1n) is 7.36. The standard InChI is InChI=1S/C17H27N/c1-12-5-6-16(8-12)11-18-15(4)17-9-13(2)7-14(3)10-17/h7,9-10,12,15-16,18H,5-6,8,11H2,1-4H3. The maximum atomic E-state index is 3.72. The summed E-state index contributed by atoms with van der Waals surface area (Å²) < 4.78 is 0. The van der Waals surface area contributed by atoms with Crippen molar-refractivity contribution in [3.63, 3.8) is 0 Å². The average molecular weight is 245 g/mol. The molecule has 0 heterocycles. The summed E-state index contributed by atoms with van der Waals surface area (Å²) >= 11 is 0. The fourth-order valence-electron chi connectivity index (χ4n) is 3.23. The van der Waals surface area contributed by atoms with Gasteiger partial charge in [0.15, 0.2) is 0 Å². The van der Waals surface area contributed by atoms with Gasteiger partial charge in [0, 0.05) is 6.04 Å². The Morgan fingerprint density at radius 3 is 2.39 bits per heavy atom. The van der Waals surface area contributed by atoms with E-state index < -0.39 is 0 Å². The summed E-state index contributed by atoms with van der Waals surface area (Å²) in [5.74, 6) is 1.83. The molecule has 1 aliphatic carbocycles. The zero-order chi connectivity index (χ0) is 13.1. The van der Waals surface area contributed by atoms with E-state index in [0.29, 0.717) is 6.04 Å². The van der Waals surface area contributed by atoms with Gasteiger partial charge in [0.2, 0.25) is 0 Å². The normalized spacial score (nSPS) is 25.3. The molecule has 1 heteroatoms. The molecule has 1 N–H and O–H groups in total. The first kappa shape index (κ1) is 13.6. The van der Waals surface area contributed by atoms with Crippen LogP contribution in [0.25, 0.3) is 0 Å². The first-order chi connectivity index (χ1) is 8.54. The van der Waals surface area contributed by atoms with Gasteiger partial charge in [-0.05, 0) is 57.6 Å². The van der Waals surface area contributed by atoms with Crippen LogP contribution >= 0.6 is 0 Å². The van der Waals surface area contributed by atoms with Crippen LogP contribution in [0.5, 0.6) is 0 Å². The predicted octanol–water partition coefficient (Wildman–Crippen LogP) is 4.39. The van der Waals surface area contributed by atoms with E-state index in [1.807, 2.05) is 0 Å². The van der Waals surface area contributed by atoms with Crippen molar-refractivity contribution in [3.05, 3.63) is 34.9 Å². The lowest BCUT2D eigenvalue weighted by atomic mass is 10.0. The van der Waals surface area contributed by atoms with Crippen molar-refractivity contribution >= 4 is 0 Å². The first-order valence-corrected chi connectivity index (χ1v) is 7.36. The van der Waals surface area contributed by atoms with E-state index >= 15 is 0 Å². The van der Waals surface area contributed by atoms with E-state index in [1.165, 1.54) is 42.5 Å². The van der Waals surface area contributed by atoms with E-state index in [4.69, 9.17) is 0 Å². The second kappa shape index (κ2) is 5.88. The molecule has 2 rings (SSSR count). The lowest BCUT2D eigenvalue weighted by molar-refractivity contribution is 0.440. The summed E-state index contributed by atoms with van der Waals surface area (Å²) in [6.45, 7) is 10.2. The maximum Gasteiger partial charge on any atom is 0.0292 e. The molecule has 0 aromatic heterocycles. The summed E-state index contributed by atoms with van der Waals surface area (Å²) in [6.07, 6.45) is 4.24. The van der Waals surface area contributed by atoms with Gasteiger partial charge >= 0.3 is 0 Å². The van der Waals surface area contributed by atoms with Crippen LogP contribution < -0.4 is 5.32 Å². The fourth-order valence-corrected chi connectivity index (χ4v) is 3.23. The van der Waals surface area contributed by atoms with Gasteiger partial charge in [0.05, 0.1) is 0 Å². The van der Waals surface area contributed by atoms with Crippen molar-refractivity contribution in [1.82, 2.24) is 5.32 Å². The van der Waals surface area contributed by atoms with Crippen molar-refractivity contribution in [2.45, 2.75) is 53.0 Å². The highest BCUT2D eigenvalue weighted by Gasteiger charge is 2.21. The van der Waals surface area contributed by atoms with Crippen molar-refractivity contribution in [2.24, 2.45) is 11.8 Å². The molecule has 3 unspecified atom stereocenters. The molecule has 3 atom stereocenters. The smallest absolute Gasteiger partial charge is 0.0292 e. The Balaban J connectivity index is 1.89. The molecule has 1 aromatic rings. The minimum atomic E-state index is 0.472. The van der Waals surface area contributed by atoms with Gasteiger partial charge in [-0.2, -0.15) is 0 Å². The quantitative estimate of drug-likeness (QED) is 0.829. The number of nitrogens with one attached hydrogen (secondary N) is 1. The molecule has 0 amide bonds. The van der Waals surface area contributed by atoms with Gasteiger partial charge < -0.3 is 5.32 Å². The minimum absolute atomic E-state index is 0.472. The van der Waals surface area contributed by atoms with Crippen LogP contribution in [-0.4, -0.2) is 6.54 Å². The van der Waals surface area contributed by atoms with Crippen LogP contribution in [0.4, 0.5) is 0 Å². The van der Waals surface area contributed by atoms with Crippen LogP contribution in [-0.2, 0) is 0 Å². The lowest BCUT2D eigenvalue weighted by Crippen LogP contribution is -2.24. The highest BCUT2D eigenvalue weighted by molar-refractivity contribution is 5.30. The number of rotatable bonds is 4. The molecule has 100 valence electrons. The third-order valence-electron chi connectivity index (χ3n) is 4.26. The lowest BCUT2D eigenvalue weighted by Gasteiger charge is -2.18. The van der Waals surface area contributed by atoms with Crippen molar-refractivity contribution in [3.8, 4) is 0 Å². The number of hydrogen-bond acceptors (Lipinski definition) is 1. The molecule has 1 nitrogen and oxygen atoms in total. The average Bonchev–Trinajstić information content (AvgIpc) is 2.70. The molecule has 0 spiro atoms. The largest absolute Gasteiger partial charge is 0.310 e. The van der Waals surface area contributed by atoms with Crippen molar-refractivity contribution in [1.29, 1.82) is 0 Å². The van der Waals surface area contributed by atoms with Gasteiger partial charge in [0.1, 0.15) is 0 Å². The van der Waals surface area contributed by atoms with Gasteiger partial charge in [-0.25, -0.2) is 0 Å². The van der Waals surface area contributed by atoms with Gasteiger partial charge in [0.25, 0.3) is 0 Å². The molecular weight excluding hydrogens is 218 g/mol. The molecular formula is C17H27N. The minimum Gasteiger partial charge on any atom is -0.310 e. The predicted molar refractivity (Wildman–Crippen MR) is 78.8 cm³/mol. The Labute approximate surface area is 112 Å². The highest BCUT2D eigenvalue weighted by atomic mass is 14.9. The van der Waals surface area contributed by atoms with Crippen LogP contribution in [0.2, 0.25) is 0 Å². The summed E-state index contributed by atoms with van der Waals surface area (Å²) in [4.78, 5) is 0. The van der Waals surface area contributed by atoms with E-state index in [2.05, 4.69) is 51.2 Å². The Hall–Kier alpha value is -0.820. The molecule has 0 bridgehead atoms. The number of benzene rings is 1. The molecule has 1 fully saturated rings. The van der Waals surface area contributed by atoms with Gasteiger partial charge in [-0.1, -0.05) is 42.7 Å². The Kier molecular flexibility index (Phi) is 4.45. The van der Waals surface area contributed by atoms with Crippen LogP contribution in [0.3, 0.4) is 0 Å². The molecule has 18 heavy (non-hydrogen) atoms. The van der Waals surface area contributed by atoms with Crippen LogP contribution in [0, 0.1) is 25.7 Å². The Bertz CT molecular complexity index is 376. The fraction of sp³-hybridized carbons (Fsp3) is 0.647. The number of hydrogen-bond donors (Lipinski definition) is 1. The number of aryl methyl sites for hydroxylation is 2. The zero-order valence-electron chi connectivity index (χ0n) is 12.3. The van der Waals surface area contributed by atoms with E-state index in [-0.39, 0.29) is 0 Å². The summed E-state index contributed by atoms with van der Waals surface area (Å²) in [6, 6.07) is 7.33. The summed E-state index contributed by atoms with van der Waals surface area (Å²) in [5, 5.41) is 3.72. The third kappa shape index (κ3) is 3.58. The SMILES string of the molecule is Cc1cc(C)cc(C(C)NCC2CCC(C)C2)c1. The Morgan fingerprint density at radius 2 is 1.83 bits per heavy atom. The topological polar surface area (TPSA) is 12.0 Å². The zero-order valence-corrected chi connectivity index (χ0v) is 12.3. The molecule has 1 aromatic carbocycles. The summed E-state index contributed by atoms with van der Waals surface area (Å²) in [7, 11) is 0. The highest BCUT2D eigenvalue weighted by Crippen LogP contribution is 2.30. The van der Waals surface area contributed by atoms with Crippen LogP contribution in [0.1, 0.15) is 55.8 Å². The van der Waals surface area contributed by atoms with Crippen LogP contribution in [0.15, 0.2) is 18.2 Å². The Morgan fingerprint density at radius 1 is 1.17 bits per heavy atom. The monoisotopic (exact) mass is 245 g/mol. The second-order valence-corrected chi connectivity index (χ2v) is 6.34. The molecule has 1 aliphatic rings. The maximum absolute atomic E-state index is 3.72. The van der Waals surface area contributed by atoms with Crippen molar-refractivity contribution < 1.29 is 0 Å². The molecule has 0 radical (unpaired) electrons. The summed E-state index contributed by atoms with van der Waals surface area (Å²) in [5.41, 5.74) is 4.17. The third-order valence-corrected chi connectivity index (χ3v) is 4.26. The van der Waals surface area contributed by atoms with E-state index in [0.717, 1.165) is 11.8 Å². The van der Waals surface area contributed by atoms with Crippen molar-refractivity contribution in [2.75, 3.05) is 6.54 Å².